The van der Waals surface area contributed by atoms with Gasteiger partial charge >= 0.3 is 5.69 Å². The minimum absolute atomic E-state index is 0.0638. The molecule has 142 valence electrons. The predicted molar refractivity (Wildman–Crippen MR) is 106 cm³/mol. The number of nitrogens with zero attached hydrogens (tertiary/aromatic N) is 3. The average Bonchev–Trinajstić information content (AvgIpc) is 3.27. The lowest BCUT2D eigenvalue weighted by Gasteiger charge is -2.04. The highest BCUT2D eigenvalue weighted by molar-refractivity contribution is 5.80. The Morgan fingerprint density at radius 3 is 2.57 bits per heavy atom. The van der Waals surface area contributed by atoms with Crippen molar-refractivity contribution in [3.63, 3.8) is 0 Å². The van der Waals surface area contributed by atoms with Crippen molar-refractivity contribution in [1.29, 1.82) is 0 Å². The van der Waals surface area contributed by atoms with Crippen LogP contribution in [0.25, 0.3) is 22.4 Å². The first-order valence-electron chi connectivity index (χ1n) is 8.95. The smallest absolute Gasteiger partial charge is 0.329 e. The van der Waals surface area contributed by atoms with E-state index >= 15 is 0 Å². The van der Waals surface area contributed by atoms with Gasteiger partial charge in [-0.2, -0.15) is 0 Å². The van der Waals surface area contributed by atoms with Gasteiger partial charge in [0.25, 0.3) is 0 Å². The van der Waals surface area contributed by atoms with Crippen molar-refractivity contribution in [1.82, 2.24) is 19.4 Å². The number of aryl methyl sites for hydroxylation is 2. The van der Waals surface area contributed by atoms with Crippen LogP contribution in [0.4, 0.5) is 0 Å². The Bertz CT molecular complexity index is 1200. The molecule has 0 saturated heterocycles. The Balaban J connectivity index is 1.44. The Hall–Kier alpha value is -3.61. The number of nitrogens with one attached hydrogen (secondary N) is 1. The fourth-order valence-corrected chi connectivity index (χ4v) is 3.13. The van der Waals surface area contributed by atoms with E-state index in [9.17, 15) is 9.59 Å². The molecule has 0 saturated carbocycles. The van der Waals surface area contributed by atoms with Gasteiger partial charge in [0, 0.05) is 12.6 Å². The molecule has 0 bridgehead atoms. The number of benzene rings is 2. The zero-order valence-electron chi connectivity index (χ0n) is 15.7. The minimum atomic E-state index is -0.284. The van der Waals surface area contributed by atoms with E-state index in [1.807, 2.05) is 55.5 Å². The molecule has 7 nitrogen and oxygen atoms in total. The quantitative estimate of drug-likeness (QED) is 0.580. The Kier molecular flexibility index (Phi) is 4.57. The number of carbonyl (C=O) groups excluding carboxylic acids is 1. The molecule has 0 atom stereocenters. The minimum Gasteiger partial charge on any atom is -0.439 e. The van der Waals surface area contributed by atoms with E-state index in [0.717, 1.165) is 16.6 Å². The number of oxazole rings is 1. The lowest BCUT2D eigenvalue weighted by molar-refractivity contribution is -0.121. The molecule has 0 aliphatic heterocycles. The number of amides is 1. The Morgan fingerprint density at radius 2 is 1.82 bits per heavy atom. The maximum absolute atomic E-state index is 12.4. The third-order valence-electron chi connectivity index (χ3n) is 4.68. The molecular formula is C21H20N4O3. The SMILES string of the molecule is Cc1ccc(-c2cnc(CNC(=O)Cn3c(=O)n(C)c4ccccc43)o2)cc1. The second kappa shape index (κ2) is 7.19. The normalized spacial score (nSPS) is 11.1. The second-order valence-electron chi connectivity index (χ2n) is 6.68. The first kappa shape index (κ1) is 17.8. The summed E-state index contributed by atoms with van der Waals surface area (Å²) in [6.45, 7) is 2.11. The van der Waals surface area contributed by atoms with Crippen LogP contribution in [0.5, 0.6) is 0 Å². The summed E-state index contributed by atoms with van der Waals surface area (Å²) in [4.78, 5) is 29.0. The van der Waals surface area contributed by atoms with Crippen molar-refractivity contribution in [2.24, 2.45) is 7.05 Å². The summed E-state index contributed by atoms with van der Waals surface area (Å²) in [6.07, 6.45) is 1.64. The van der Waals surface area contributed by atoms with Crippen LogP contribution in [-0.2, 0) is 24.9 Å². The molecule has 0 aliphatic carbocycles. The van der Waals surface area contributed by atoms with Gasteiger partial charge in [-0.15, -0.1) is 0 Å². The van der Waals surface area contributed by atoms with Crippen LogP contribution in [0, 0.1) is 6.92 Å². The number of fused-ring (bicyclic) bond motifs is 1. The fourth-order valence-electron chi connectivity index (χ4n) is 3.13. The van der Waals surface area contributed by atoms with Crippen molar-refractivity contribution in [3.05, 3.63) is 76.7 Å². The molecule has 7 heteroatoms. The van der Waals surface area contributed by atoms with Gasteiger partial charge in [0.2, 0.25) is 11.8 Å². The van der Waals surface area contributed by atoms with Crippen molar-refractivity contribution in [2.75, 3.05) is 0 Å². The molecule has 2 aromatic carbocycles. The summed E-state index contributed by atoms with van der Waals surface area (Å²) in [7, 11) is 1.69. The third kappa shape index (κ3) is 3.34. The first-order chi connectivity index (χ1) is 13.5. The molecule has 0 unspecified atom stereocenters. The Morgan fingerprint density at radius 1 is 1.11 bits per heavy atom. The molecule has 4 aromatic rings. The number of imidazole rings is 1. The molecule has 0 radical (unpaired) electrons. The molecule has 28 heavy (non-hydrogen) atoms. The van der Waals surface area contributed by atoms with Crippen LogP contribution >= 0.6 is 0 Å². The van der Waals surface area contributed by atoms with Gasteiger partial charge in [-0.25, -0.2) is 9.78 Å². The third-order valence-corrected chi connectivity index (χ3v) is 4.68. The second-order valence-corrected chi connectivity index (χ2v) is 6.68. The van der Waals surface area contributed by atoms with Crippen molar-refractivity contribution in [3.8, 4) is 11.3 Å². The standard InChI is InChI=1S/C21H20N4O3/c1-14-7-9-15(10-8-14)18-11-23-20(28-18)12-22-19(26)13-25-17-6-4-3-5-16(17)24(2)21(25)27/h3-11H,12-13H2,1-2H3,(H,22,26). The molecule has 1 amide bonds. The number of hydrogen-bond donors (Lipinski definition) is 1. The molecule has 1 N–H and O–H groups in total. The monoisotopic (exact) mass is 376 g/mol. The molecule has 0 spiro atoms. The van der Waals surface area contributed by atoms with Gasteiger partial charge in [-0.1, -0.05) is 42.0 Å². The van der Waals surface area contributed by atoms with Crippen molar-refractivity contribution in [2.45, 2.75) is 20.0 Å². The number of hydrogen-bond acceptors (Lipinski definition) is 4. The van der Waals surface area contributed by atoms with E-state index in [4.69, 9.17) is 4.42 Å². The average molecular weight is 376 g/mol. The topological polar surface area (TPSA) is 82.1 Å². The largest absolute Gasteiger partial charge is 0.439 e. The first-order valence-corrected chi connectivity index (χ1v) is 8.95. The van der Waals surface area contributed by atoms with Gasteiger partial charge in [0.1, 0.15) is 6.54 Å². The van der Waals surface area contributed by atoms with Gasteiger partial charge in [-0.05, 0) is 19.1 Å². The van der Waals surface area contributed by atoms with E-state index in [1.165, 1.54) is 14.7 Å². The molecular weight excluding hydrogens is 356 g/mol. The molecule has 2 aromatic heterocycles. The van der Waals surface area contributed by atoms with Crippen LogP contribution in [0.3, 0.4) is 0 Å². The van der Waals surface area contributed by atoms with Crippen LogP contribution in [0.15, 0.2) is 63.9 Å². The van der Waals surface area contributed by atoms with Gasteiger partial charge in [0.15, 0.2) is 5.76 Å². The summed E-state index contributed by atoms with van der Waals surface area (Å²) in [5, 5.41) is 2.76. The maximum Gasteiger partial charge on any atom is 0.329 e. The molecule has 2 heterocycles. The van der Waals surface area contributed by atoms with Crippen molar-refractivity contribution >= 4 is 16.9 Å². The number of carbonyl (C=O) groups is 1. The van der Waals surface area contributed by atoms with Crippen molar-refractivity contribution < 1.29 is 9.21 Å². The number of aromatic nitrogens is 3. The fraction of sp³-hybridized carbons (Fsp3) is 0.190. The lowest BCUT2D eigenvalue weighted by Crippen LogP contribution is -2.32. The zero-order chi connectivity index (χ0) is 19.7. The summed E-state index contributed by atoms with van der Waals surface area (Å²) in [5.41, 5.74) is 3.38. The van der Waals surface area contributed by atoms with E-state index < -0.39 is 0 Å². The van der Waals surface area contributed by atoms with E-state index in [1.54, 1.807) is 13.2 Å². The van der Waals surface area contributed by atoms with Crippen LogP contribution in [0.2, 0.25) is 0 Å². The molecule has 4 rings (SSSR count). The van der Waals surface area contributed by atoms with Crippen LogP contribution in [-0.4, -0.2) is 20.0 Å². The van der Waals surface area contributed by atoms with Gasteiger partial charge < -0.3 is 9.73 Å². The summed E-state index contributed by atoms with van der Waals surface area (Å²) < 4.78 is 8.70. The summed E-state index contributed by atoms with van der Waals surface area (Å²) >= 11 is 0. The number of para-hydroxylation sites is 2. The molecule has 0 fully saturated rings. The van der Waals surface area contributed by atoms with Gasteiger partial charge in [0.05, 0.1) is 23.8 Å². The molecule has 0 aliphatic rings. The highest BCUT2D eigenvalue weighted by Crippen LogP contribution is 2.20. The zero-order valence-corrected chi connectivity index (χ0v) is 15.7. The maximum atomic E-state index is 12.4. The lowest BCUT2D eigenvalue weighted by atomic mass is 10.1. The Labute approximate surface area is 161 Å². The highest BCUT2D eigenvalue weighted by Gasteiger charge is 2.14. The van der Waals surface area contributed by atoms with Crippen LogP contribution in [0.1, 0.15) is 11.5 Å². The van der Waals surface area contributed by atoms with E-state index in [0.29, 0.717) is 11.7 Å². The predicted octanol–water partition coefficient (Wildman–Crippen LogP) is 2.62. The van der Waals surface area contributed by atoms with Crippen LogP contribution < -0.4 is 11.0 Å². The van der Waals surface area contributed by atoms with E-state index in [-0.39, 0.29) is 24.7 Å². The highest BCUT2D eigenvalue weighted by atomic mass is 16.4. The summed E-state index contributed by atoms with van der Waals surface area (Å²) in [5.74, 6) is 0.775. The number of rotatable bonds is 5. The van der Waals surface area contributed by atoms with E-state index in [2.05, 4.69) is 10.3 Å². The summed E-state index contributed by atoms with van der Waals surface area (Å²) in [6, 6.07) is 15.3. The van der Waals surface area contributed by atoms with Gasteiger partial charge in [-0.3, -0.25) is 13.9 Å².